The van der Waals surface area contributed by atoms with Gasteiger partial charge in [-0.05, 0) is 0 Å². The van der Waals surface area contributed by atoms with Crippen molar-refractivity contribution in [3.05, 3.63) is 0 Å². The van der Waals surface area contributed by atoms with Gasteiger partial charge >= 0.3 is 45.5 Å². The second-order valence-corrected chi connectivity index (χ2v) is 0. The Balaban J connectivity index is 0. The Labute approximate surface area is 150 Å². The van der Waals surface area contributed by atoms with Crippen molar-refractivity contribution in [1.82, 2.24) is 0 Å². The first-order valence-electron chi connectivity index (χ1n) is 0. The van der Waals surface area contributed by atoms with E-state index >= 15 is 0 Å². The predicted octanol–water partition coefficient (Wildman–Crippen LogP) is -0.988. The van der Waals surface area contributed by atoms with Crippen LogP contribution in [0.25, 0.3) is 0 Å². The minimum atomic E-state index is 0. The van der Waals surface area contributed by atoms with Gasteiger partial charge in [-0.3, -0.25) is 0 Å². The van der Waals surface area contributed by atoms with Gasteiger partial charge in [0, 0.05) is 101 Å². The number of hydrogen-bond donors (Lipinski definition) is 0. The van der Waals surface area contributed by atoms with Gasteiger partial charge in [-0.1, -0.05) is 0 Å². The molecule has 0 fully saturated rings. The fourth-order valence-electron chi connectivity index (χ4n) is 0. The molecule has 30 valence electrons. The van der Waals surface area contributed by atoms with Crippen LogP contribution in [0.5, 0.6) is 0 Å². The molecule has 0 aromatic carbocycles. The van der Waals surface area contributed by atoms with Crippen LogP contribution in [-0.2, 0) is 65.0 Å². The summed E-state index contributed by atoms with van der Waals surface area (Å²) >= 11 is 0. The first-order chi connectivity index (χ1) is 0. The van der Waals surface area contributed by atoms with E-state index in [9.17, 15) is 0 Å². The van der Waals surface area contributed by atoms with Crippen LogP contribution in [0.2, 0.25) is 0 Å². The number of hydrogen-bond acceptors (Lipinski definition) is 0. The fraction of sp³-hybridized carbons (Fsp3) is 0. The number of rotatable bonds is 0. The second-order valence-electron chi connectivity index (χ2n) is 0. The van der Waals surface area contributed by atoms with Gasteiger partial charge in [-0.25, -0.2) is 0 Å². The summed E-state index contributed by atoms with van der Waals surface area (Å²) in [6, 6.07) is 0. The summed E-state index contributed by atoms with van der Waals surface area (Å²) in [6.45, 7) is 0. The molecule has 0 aliphatic carbocycles. The van der Waals surface area contributed by atoms with Gasteiger partial charge in [0.05, 0.1) is 0 Å². The Bertz CT molecular complexity index is 22.0. The molecule has 0 saturated carbocycles. The largest absolute Gasteiger partial charge is 2.00 e. The van der Waals surface area contributed by atoms with E-state index in [1.54, 1.807) is 0 Å². The van der Waals surface area contributed by atoms with Crippen molar-refractivity contribution in [2.45, 2.75) is 0 Å². The molecule has 1 nitrogen and oxygen atoms in total. The Morgan fingerprint density at radius 2 is 1.17 bits per heavy atom. The third kappa shape index (κ3) is 23.3. The third-order valence-electron chi connectivity index (χ3n) is 0. The molecule has 0 unspecified atom stereocenters. The topological polar surface area (TPSA) is 31.5 Å². The smallest absolute Gasteiger partial charge is 1.00 e. The molecule has 0 saturated heterocycles. The standard InChI is InChI=1S/La.Mn.H2O.Sr.Ti.Zr.2H/h;;1H2;;;;;/q;;;+2;;;2*-1. The maximum atomic E-state index is 0. The maximum Gasteiger partial charge on any atom is 2.00 e. The SMILES string of the molecule is O.[H-].[H-].[La].[Mn].[Sr+2].[Ti].[Zr]. The van der Waals surface area contributed by atoms with E-state index in [1.165, 1.54) is 0 Å². The van der Waals surface area contributed by atoms with E-state index in [4.69, 9.17) is 0 Å². The molecular weight excluding hydrogens is 437 g/mol. The van der Waals surface area contributed by atoms with Crippen LogP contribution < -0.4 is 0 Å². The monoisotopic (exact) mass is 440 g/mol. The molecule has 0 heterocycles. The molecule has 0 aromatic rings. The third-order valence-corrected chi connectivity index (χ3v) is 0. The van der Waals surface area contributed by atoms with Crippen molar-refractivity contribution < 1.29 is 109 Å². The van der Waals surface area contributed by atoms with E-state index < -0.39 is 0 Å². The average molecular weight is 441 g/mol. The Hall–Kier alpha value is 4.75. The molecule has 0 rings (SSSR count). The summed E-state index contributed by atoms with van der Waals surface area (Å²) in [4.78, 5) is 0. The van der Waals surface area contributed by atoms with E-state index in [2.05, 4.69) is 0 Å². The van der Waals surface area contributed by atoms with Gasteiger partial charge in [0.1, 0.15) is 0 Å². The molecule has 0 atom stereocenters. The van der Waals surface area contributed by atoms with Crippen LogP contribution >= 0.6 is 0 Å². The van der Waals surface area contributed by atoms with Gasteiger partial charge in [-0.15, -0.1) is 0 Å². The van der Waals surface area contributed by atoms with Gasteiger partial charge in [0.25, 0.3) is 0 Å². The summed E-state index contributed by atoms with van der Waals surface area (Å²) in [7, 11) is 0. The van der Waals surface area contributed by atoms with E-state index in [0.717, 1.165) is 0 Å². The zero-order valence-corrected chi connectivity index (χ0v) is 15.5. The normalized spacial score (nSPS) is 0. The summed E-state index contributed by atoms with van der Waals surface area (Å²) in [5.41, 5.74) is 0. The summed E-state index contributed by atoms with van der Waals surface area (Å²) < 4.78 is 0. The average Bonchev–Trinajstić information content (AvgIpc) is 0. The molecule has 0 aromatic heterocycles. The summed E-state index contributed by atoms with van der Waals surface area (Å²) in [6.07, 6.45) is 0. The van der Waals surface area contributed by atoms with Crippen molar-refractivity contribution in [1.29, 1.82) is 0 Å². The van der Waals surface area contributed by atoms with E-state index in [1.807, 2.05) is 0 Å². The fourth-order valence-corrected chi connectivity index (χ4v) is 0. The van der Waals surface area contributed by atoms with Crippen LogP contribution in [0.3, 0.4) is 0 Å². The van der Waals surface area contributed by atoms with Crippen LogP contribution in [0.1, 0.15) is 2.85 Å². The molecular formula is H4LaMnOSrTiZr. The Kier molecular flexibility index (Phi) is 250. The minimum Gasteiger partial charge on any atom is -1.00 e. The predicted molar refractivity (Wildman–Crippen MR) is 11.6 cm³/mol. The van der Waals surface area contributed by atoms with Crippen LogP contribution in [0, 0.1) is 35.6 Å². The summed E-state index contributed by atoms with van der Waals surface area (Å²) in [5, 5.41) is 0. The quantitative estimate of drug-likeness (QED) is 0.434. The molecule has 0 bridgehead atoms. The van der Waals surface area contributed by atoms with Crippen molar-refractivity contribution in [2.75, 3.05) is 0 Å². The zero-order chi connectivity index (χ0) is 0. The molecule has 6 heavy (non-hydrogen) atoms. The van der Waals surface area contributed by atoms with Crippen LogP contribution in [0.15, 0.2) is 0 Å². The van der Waals surface area contributed by atoms with E-state index in [-0.39, 0.29) is 154 Å². The van der Waals surface area contributed by atoms with Crippen molar-refractivity contribution in [3.8, 4) is 0 Å². The Morgan fingerprint density at radius 1 is 1.17 bits per heavy atom. The van der Waals surface area contributed by atoms with Crippen molar-refractivity contribution in [3.63, 3.8) is 0 Å². The van der Waals surface area contributed by atoms with Crippen LogP contribution in [0.4, 0.5) is 0 Å². The zero-order valence-electron chi connectivity index (χ0n) is 5.16. The molecule has 0 amide bonds. The van der Waals surface area contributed by atoms with Gasteiger partial charge < -0.3 is 8.33 Å². The van der Waals surface area contributed by atoms with Gasteiger partial charge in [0.15, 0.2) is 0 Å². The van der Waals surface area contributed by atoms with Crippen molar-refractivity contribution >= 4 is 45.5 Å². The minimum absolute atomic E-state index is 0. The van der Waals surface area contributed by atoms with Crippen molar-refractivity contribution in [2.24, 2.45) is 0 Å². The summed E-state index contributed by atoms with van der Waals surface area (Å²) in [5.74, 6) is 0. The molecule has 0 aliphatic rings. The van der Waals surface area contributed by atoms with Gasteiger partial charge in [-0.2, -0.15) is 0 Å². The molecule has 2 N–H and O–H groups in total. The van der Waals surface area contributed by atoms with Crippen LogP contribution in [-0.4, -0.2) is 51.0 Å². The Morgan fingerprint density at radius 3 is 1.17 bits per heavy atom. The molecule has 0 spiro atoms. The molecule has 6 heteroatoms. The second kappa shape index (κ2) is 33.1. The molecule has 0 aliphatic heterocycles. The molecule has 2 radical (unpaired) electrons. The van der Waals surface area contributed by atoms with Gasteiger partial charge in [0.2, 0.25) is 0 Å². The first-order valence-corrected chi connectivity index (χ1v) is 0. The first kappa shape index (κ1) is 45.3. The van der Waals surface area contributed by atoms with E-state index in [0.29, 0.717) is 0 Å². The maximum absolute atomic E-state index is 0.